The summed E-state index contributed by atoms with van der Waals surface area (Å²) in [4.78, 5) is 26.6. The number of fused-ring (bicyclic) bond motifs is 1. The van der Waals surface area contributed by atoms with Crippen molar-refractivity contribution in [3.63, 3.8) is 0 Å². The van der Waals surface area contributed by atoms with Gasteiger partial charge >= 0.3 is 0 Å². The van der Waals surface area contributed by atoms with Gasteiger partial charge in [-0.05, 0) is 19.7 Å². The molecule has 8 nitrogen and oxygen atoms in total. The third-order valence-corrected chi connectivity index (χ3v) is 3.87. The summed E-state index contributed by atoms with van der Waals surface area (Å²) in [5.74, 6) is -0.718. The maximum Gasteiger partial charge on any atom is 0.274 e. The van der Waals surface area contributed by atoms with Crippen LogP contribution >= 0.6 is 0 Å². The summed E-state index contributed by atoms with van der Waals surface area (Å²) in [5.41, 5.74) is 1.27. The van der Waals surface area contributed by atoms with Crippen molar-refractivity contribution in [2.45, 2.75) is 12.6 Å². The Hall–Kier alpha value is -2.74. The van der Waals surface area contributed by atoms with Crippen molar-refractivity contribution in [3.05, 3.63) is 47.3 Å². The van der Waals surface area contributed by atoms with Crippen molar-refractivity contribution in [3.8, 4) is 0 Å². The van der Waals surface area contributed by atoms with Crippen LogP contribution in [0, 0.1) is 0 Å². The average Bonchev–Trinajstić information content (AvgIpc) is 3.00. The summed E-state index contributed by atoms with van der Waals surface area (Å²) >= 11 is 0. The number of carbonyl (C=O) groups is 2. The molecule has 0 aliphatic carbocycles. The normalized spacial score (nSPS) is 16.6. The average molecular weight is 328 g/mol. The van der Waals surface area contributed by atoms with Gasteiger partial charge in [0, 0.05) is 13.1 Å². The lowest BCUT2D eigenvalue weighted by Gasteiger charge is -2.24. The molecule has 0 bridgehead atoms. The molecule has 2 heterocycles. The van der Waals surface area contributed by atoms with E-state index in [-0.39, 0.29) is 29.2 Å². The van der Waals surface area contributed by atoms with Gasteiger partial charge in [-0.1, -0.05) is 35.5 Å². The minimum Gasteiger partial charge on any atom is -0.349 e. The van der Waals surface area contributed by atoms with Gasteiger partial charge in [-0.2, -0.15) is 0 Å². The fraction of sp³-hybridized carbons (Fsp3) is 0.375. The zero-order valence-electron chi connectivity index (χ0n) is 13.7. The Labute approximate surface area is 139 Å². The van der Waals surface area contributed by atoms with Gasteiger partial charge in [0.15, 0.2) is 11.4 Å². The van der Waals surface area contributed by atoms with E-state index < -0.39 is 0 Å². The number of nitrogens with one attached hydrogen (secondary N) is 2. The smallest absolute Gasteiger partial charge is 0.274 e. The Morgan fingerprint density at radius 2 is 2.12 bits per heavy atom. The standard InChI is InChI=1S/C16H20N6O2/c1-21(2)9-8-17-15(23)13-14-16(24)18-12(10-22(14)20-19-13)11-6-4-3-5-7-11/h3-7,12H,8-10H2,1-2H3,(H,17,23)(H,18,24)/t12-/m1/s1. The summed E-state index contributed by atoms with van der Waals surface area (Å²) in [6, 6.07) is 9.47. The molecule has 1 atom stereocenters. The van der Waals surface area contributed by atoms with E-state index >= 15 is 0 Å². The van der Waals surface area contributed by atoms with E-state index in [4.69, 9.17) is 0 Å². The molecule has 1 aromatic carbocycles. The highest BCUT2D eigenvalue weighted by molar-refractivity contribution is 6.05. The van der Waals surface area contributed by atoms with E-state index in [0.717, 1.165) is 5.56 Å². The molecule has 0 fully saturated rings. The molecule has 24 heavy (non-hydrogen) atoms. The summed E-state index contributed by atoms with van der Waals surface area (Å²) in [6.07, 6.45) is 0. The quantitative estimate of drug-likeness (QED) is 0.809. The molecule has 0 unspecified atom stereocenters. The van der Waals surface area contributed by atoms with Gasteiger partial charge in [-0.3, -0.25) is 9.59 Å². The Bertz CT molecular complexity index is 740. The van der Waals surface area contributed by atoms with Gasteiger partial charge in [0.05, 0.1) is 12.6 Å². The van der Waals surface area contributed by atoms with Crippen LogP contribution in [-0.2, 0) is 6.54 Å². The predicted molar refractivity (Wildman–Crippen MR) is 87.6 cm³/mol. The van der Waals surface area contributed by atoms with Crippen molar-refractivity contribution >= 4 is 11.8 Å². The SMILES string of the molecule is CN(C)CCNC(=O)c1nnn2c1C(=O)N[C@@H](c1ccccc1)C2. The predicted octanol–water partition coefficient (Wildman–Crippen LogP) is 0.0542. The topological polar surface area (TPSA) is 92.2 Å². The number of hydrogen-bond acceptors (Lipinski definition) is 5. The van der Waals surface area contributed by atoms with Gasteiger partial charge < -0.3 is 15.5 Å². The van der Waals surface area contributed by atoms with Crippen LogP contribution in [0.2, 0.25) is 0 Å². The van der Waals surface area contributed by atoms with Crippen molar-refractivity contribution in [2.24, 2.45) is 0 Å². The van der Waals surface area contributed by atoms with Gasteiger partial charge in [0.25, 0.3) is 11.8 Å². The highest BCUT2D eigenvalue weighted by Crippen LogP contribution is 2.21. The van der Waals surface area contributed by atoms with Crippen molar-refractivity contribution in [1.82, 2.24) is 30.5 Å². The molecule has 1 aliphatic heterocycles. The molecule has 126 valence electrons. The van der Waals surface area contributed by atoms with E-state index in [2.05, 4.69) is 20.9 Å². The zero-order valence-corrected chi connectivity index (χ0v) is 13.7. The molecular formula is C16H20N6O2. The fourth-order valence-electron chi connectivity index (χ4n) is 2.61. The lowest BCUT2D eigenvalue weighted by atomic mass is 10.0. The second-order valence-electron chi connectivity index (χ2n) is 5.96. The van der Waals surface area contributed by atoms with E-state index in [1.165, 1.54) is 4.68 Å². The van der Waals surface area contributed by atoms with Crippen LogP contribution in [0.5, 0.6) is 0 Å². The second kappa shape index (κ2) is 6.79. The molecule has 0 spiro atoms. The maximum absolute atomic E-state index is 12.4. The summed E-state index contributed by atoms with van der Waals surface area (Å²) < 4.78 is 1.50. The number of carbonyl (C=O) groups excluding carboxylic acids is 2. The molecule has 0 saturated carbocycles. The Balaban J connectivity index is 1.76. The first-order valence-corrected chi connectivity index (χ1v) is 7.78. The summed E-state index contributed by atoms with van der Waals surface area (Å²) in [7, 11) is 3.84. The van der Waals surface area contributed by atoms with E-state index in [9.17, 15) is 9.59 Å². The molecule has 2 aromatic rings. The Kier molecular flexibility index (Phi) is 4.57. The monoisotopic (exact) mass is 328 g/mol. The van der Waals surface area contributed by atoms with E-state index in [1.54, 1.807) is 0 Å². The first-order chi connectivity index (χ1) is 11.6. The minimum atomic E-state index is -0.383. The molecule has 8 heteroatoms. The maximum atomic E-state index is 12.4. The van der Waals surface area contributed by atoms with E-state index in [0.29, 0.717) is 19.6 Å². The Morgan fingerprint density at radius 1 is 1.38 bits per heavy atom. The summed E-state index contributed by atoms with van der Waals surface area (Å²) in [5, 5.41) is 13.6. The molecule has 2 amide bonds. The van der Waals surface area contributed by atoms with Crippen LogP contribution in [0.1, 0.15) is 32.6 Å². The summed E-state index contributed by atoms with van der Waals surface area (Å²) in [6.45, 7) is 1.63. The van der Waals surface area contributed by atoms with Crippen LogP contribution in [0.15, 0.2) is 30.3 Å². The highest BCUT2D eigenvalue weighted by Gasteiger charge is 2.32. The number of rotatable bonds is 5. The van der Waals surface area contributed by atoms with Crippen molar-refractivity contribution in [2.75, 3.05) is 27.2 Å². The minimum absolute atomic E-state index is 0.0674. The second-order valence-corrected chi connectivity index (χ2v) is 5.96. The molecule has 0 saturated heterocycles. The van der Waals surface area contributed by atoms with Crippen LogP contribution in [0.25, 0.3) is 0 Å². The van der Waals surface area contributed by atoms with Crippen LogP contribution in [-0.4, -0.2) is 58.9 Å². The number of aromatic nitrogens is 3. The lowest BCUT2D eigenvalue weighted by Crippen LogP contribution is -2.40. The molecule has 1 aromatic heterocycles. The van der Waals surface area contributed by atoms with Crippen LogP contribution < -0.4 is 10.6 Å². The zero-order chi connectivity index (χ0) is 17.1. The molecular weight excluding hydrogens is 308 g/mol. The van der Waals surface area contributed by atoms with Gasteiger partial charge in [-0.25, -0.2) is 4.68 Å². The number of likely N-dealkylation sites (N-methyl/N-ethyl adjacent to an activating group) is 1. The van der Waals surface area contributed by atoms with Crippen molar-refractivity contribution in [1.29, 1.82) is 0 Å². The molecule has 2 N–H and O–H groups in total. The number of nitrogens with zero attached hydrogens (tertiary/aromatic N) is 4. The molecule has 1 aliphatic rings. The van der Waals surface area contributed by atoms with Gasteiger partial charge in [0.2, 0.25) is 0 Å². The highest BCUT2D eigenvalue weighted by atomic mass is 16.2. The van der Waals surface area contributed by atoms with Crippen molar-refractivity contribution < 1.29 is 9.59 Å². The number of benzene rings is 1. The van der Waals surface area contributed by atoms with E-state index in [1.807, 2.05) is 49.3 Å². The molecule has 3 rings (SSSR count). The van der Waals surface area contributed by atoms with Crippen LogP contribution in [0.3, 0.4) is 0 Å². The third kappa shape index (κ3) is 3.28. The number of amides is 2. The largest absolute Gasteiger partial charge is 0.349 e. The lowest BCUT2D eigenvalue weighted by molar-refractivity contribution is 0.0876. The number of hydrogen-bond donors (Lipinski definition) is 2. The first-order valence-electron chi connectivity index (χ1n) is 7.78. The third-order valence-electron chi connectivity index (χ3n) is 3.87. The molecule has 0 radical (unpaired) electrons. The van der Waals surface area contributed by atoms with Gasteiger partial charge in [-0.15, -0.1) is 5.10 Å². The van der Waals surface area contributed by atoms with Gasteiger partial charge in [0.1, 0.15) is 0 Å². The first kappa shape index (κ1) is 16.1. The van der Waals surface area contributed by atoms with Crippen LogP contribution in [0.4, 0.5) is 0 Å². The fourth-order valence-corrected chi connectivity index (χ4v) is 2.61. The Morgan fingerprint density at radius 3 is 2.83 bits per heavy atom.